The summed E-state index contributed by atoms with van der Waals surface area (Å²) < 4.78 is 28.5. The van der Waals surface area contributed by atoms with Gasteiger partial charge in [0, 0.05) is 24.9 Å². The Kier molecular flexibility index (Phi) is 5.41. The van der Waals surface area contributed by atoms with Crippen LogP contribution in [-0.4, -0.2) is 57.3 Å². The monoisotopic (exact) mass is 313 g/mol. The van der Waals surface area contributed by atoms with E-state index < -0.39 is 9.84 Å². The molecule has 0 amide bonds. The molecule has 0 aliphatic carbocycles. The molecule has 0 unspecified atom stereocenters. The first-order valence-corrected chi connectivity index (χ1v) is 9.08. The van der Waals surface area contributed by atoms with E-state index >= 15 is 0 Å². The van der Waals surface area contributed by atoms with Crippen LogP contribution >= 0.6 is 0 Å². The van der Waals surface area contributed by atoms with Gasteiger partial charge in [0.2, 0.25) is 0 Å². The van der Waals surface area contributed by atoms with Gasteiger partial charge in [0.05, 0.1) is 30.9 Å². The number of aromatic nitrogens is 1. The number of hydrogen-bond donors (Lipinski definition) is 1. The molecule has 21 heavy (non-hydrogen) atoms. The van der Waals surface area contributed by atoms with E-state index in [0.717, 1.165) is 37.8 Å². The van der Waals surface area contributed by atoms with Crippen molar-refractivity contribution in [3.63, 3.8) is 0 Å². The number of sulfone groups is 1. The number of morpholine rings is 1. The second-order valence-electron chi connectivity index (χ2n) is 5.25. The van der Waals surface area contributed by atoms with Crippen LogP contribution in [-0.2, 0) is 14.6 Å². The van der Waals surface area contributed by atoms with E-state index in [0.29, 0.717) is 0 Å². The molecular weight excluding hydrogens is 290 g/mol. The average molecular weight is 313 g/mol. The molecule has 0 bridgehead atoms. The van der Waals surface area contributed by atoms with E-state index in [1.54, 1.807) is 13.1 Å². The summed E-state index contributed by atoms with van der Waals surface area (Å²) in [5.74, 6) is 1.24. The van der Waals surface area contributed by atoms with Gasteiger partial charge in [-0.25, -0.2) is 13.4 Å². The Bertz CT molecular complexity index is 539. The first-order valence-electron chi connectivity index (χ1n) is 7.26. The van der Waals surface area contributed by atoms with Gasteiger partial charge in [-0.1, -0.05) is 6.92 Å². The number of ether oxygens (including phenoxy) is 1. The normalized spacial score (nSPS) is 17.5. The molecule has 2 heterocycles. The summed E-state index contributed by atoms with van der Waals surface area (Å²) in [6.07, 6.45) is 1.75. The quantitative estimate of drug-likeness (QED) is 0.849. The van der Waals surface area contributed by atoms with Crippen molar-refractivity contribution in [3.8, 4) is 0 Å². The predicted molar refractivity (Wildman–Crippen MR) is 84.7 cm³/mol. The van der Waals surface area contributed by atoms with Gasteiger partial charge in [-0.15, -0.1) is 0 Å². The first-order chi connectivity index (χ1) is 10.00. The topological polar surface area (TPSA) is 71.5 Å². The van der Waals surface area contributed by atoms with Crippen LogP contribution in [0.1, 0.15) is 13.8 Å². The van der Waals surface area contributed by atoms with E-state index in [4.69, 9.17) is 4.74 Å². The molecule has 1 aliphatic heterocycles. The van der Waals surface area contributed by atoms with Crippen LogP contribution in [0, 0.1) is 0 Å². The molecule has 6 nitrogen and oxygen atoms in total. The summed E-state index contributed by atoms with van der Waals surface area (Å²) in [6, 6.07) is 3.76. The molecule has 7 heteroatoms. The Labute approximate surface area is 126 Å². The first kappa shape index (κ1) is 16.0. The van der Waals surface area contributed by atoms with Crippen molar-refractivity contribution in [2.24, 2.45) is 0 Å². The summed E-state index contributed by atoms with van der Waals surface area (Å²) in [5, 5.41) is 3.18. The van der Waals surface area contributed by atoms with Crippen LogP contribution in [0.5, 0.6) is 0 Å². The van der Waals surface area contributed by atoms with Crippen molar-refractivity contribution in [1.29, 1.82) is 0 Å². The van der Waals surface area contributed by atoms with Crippen molar-refractivity contribution >= 4 is 21.3 Å². The summed E-state index contributed by atoms with van der Waals surface area (Å²) in [6.45, 7) is 6.70. The molecule has 0 saturated carbocycles. The van der Waals surface area contributed by atoms with Crippen molar-refractivity contribution in [3.05, 3.63) is 18.3 Å². The van der Waals surface area contributed by atoms with Crippen LogP contribution in [0.4, 0.5) is 11.5 Å². The maximum Gasteiger partial charge on any atom is 0.152 e. The van der Waals surface area contributed by atoms with Gasteiger partial charge in [0.15, 0.2) is 9.84 Å². The third kappa shape index (κ3) is 4.86. The molecular formula is C14H23N3O3S. The molecule has 1 aliphatic rings. The van der Waals surface area contributed by atoms with E-state index in [1.807, 2.05) is 19.1 Å². The number of rotatable bonds is 6. The molecule has 2 rings (SSSR count). The van der Waals surface area contributed by atoms with Crippen LogP contribution in [0.3, 0.4) is 0 Å². The second kappa shape index (κ2) is 7.09. The molecule has 1 saturated heterocycles. The highest BCUT2D eigenvalue weighted by atomic mass is 32.2. The lowest BCUT2D eigenvalue weighted by Gasteiger charge is -2.27. The van der Waals surface area contributed by atoms with E-state index in [9.17, 15) is 8.42 Å². The molecule has 118 valence electrons. The number of nitrogens with one attached hydrogen (secondary N) is 1. The summed E-state index contributed by atoms with van der Waals surface area (Å²) >= 11 is 0. The molecule has 0 spiro atoms. The second-order valence-corrected chi connectivity index (χ2v) is 7.65. The Morgan fingerprint density at radius 3 is 2.67 bits per heavy atom. The fourth-order valence-electron chi connectivity index (χ4n) is 2.28. The fourth-order valence-corrected chi connectivity index (χ4v) is 3.36. The predicted octanol–water partition coefficient (Wildman–Crippen LogP) is 1.15. The van der Waals surface area contributed by atoms with Crippen LogP contribution < -0.4 is 10.2 Å². The Morgan fingerprint density at radius 1 is 1.38 bits per heavy atom. The zero-order chi connectivity index (χ0) is 15.3. The Hall–Kier alpha value is -1.34. The molecule has 1 aromatic heterocycles. The summed E-state index contributed by atoms with van der Waals surface area (Å²) in [4.78, 5) is 6.61. The zero-order valence-electron chi connectivity index (χ0n) is 12.6. The van der Waals surface area contributed by atoms with Gasteiger partial charge >= 0.3 is 0 Å². The number of hydrogen-bond acceptors (Lipinski definition) is 6. The van der Waals surface area contributed by atoms with Crippen LogP contribution in [0.25, 0.3) is 0 Å². The molecule has 1 N–H and O–H groups in total. The Morgan fingerprint density at radius 2 is 2.10 bits per heavy atom. The highest BCUT2D eigenvalue weighted by Gasteiger charge is 2.15. The van der Waals surface area contributed by atoms with Gasteiger partial charge < -0.3 is 15.0 Å². The third-order valence-corrected chi connectivity index (χ3v) is 5.33. The lowest BCUT2D eigenvalue weighted by molar-refractivity contribution is 0.122. The zero-order valence-corrected chi connectivity index (χ0v) is 13.4. The smallest absolute Gasteiger partial charge is 0.152 e. The fraction of sp³-hybridized carbons (Fsp3) is 0.643. The van der Waals surface area contributed by atoms with Gasteiger partial charge in [-0.05, 0) is 19.1 Å². The van der Waals surface area contributed by atoms with Crippen molar-refractivity contribution in [2.75, 3.05) is 48.0 Å². The minimum atomic E-state index is -2.97. The maximum absolute atomic E-state index is 11.6. The third-order valence-electron chi connectivity index (χ3n) is 3.44. The van der Waals surface area contributed by atoms with Gasteiger partial charge in [-0.2, -0.15) is 0 Å². The number of pyridine rings is 1. The van der Waals surface area contributed by atoms with Gasteiger partial charge in [0.25, 0.3) is 0 Å². The minimum absolute atomic E-state index is 0.133. The number of nitrogens with zero attached hydrogens (tertiary/aromatic N) is 2. The molecule has 1 fully saturated rings. The number of anilines is 2. The highest BCUT2D eigenvalue weighted by Crippen LogP contribution is 2.16. The van der Waals surface area contributed by atoms with Crippen molar-refractivity contribution < 1.29 is 13.2 Å². The van der Waals surface area contributed by atoms with Gasteiger partial charge in [-0.3, -0.25) is 0 Å². The highest BCUT2D eigenvalue weighted by molar-refractivity contribution is 7.91. The molecule has 1 atom stereocenters. The lowest BCUT2D eigenvalue weighted by Crippen LogP contribution is -2.36. The molecule has 0 radical (unpaired) electrons. The summed E-state index contributed by atoms with van der Waals surface area (Å²) in [5.41, 5.74) is 0.839. The van der Waals surface area contributed by atoms with Gasteiger partial charge in [0.1, 0.15) is 5.82 Å². The largest absolute Gasteiger partial charge is 0.380 e. The lowest BCUT2D eigenvalue weighted by atomic mass is 10.3. The van der Waals surface area contributed by atoms with E-state index in [1.165, 1.54) is 0 Å². The van der Waals surface area contributed by atoms with E-state index in [-0.39, 0.29) is 17.5 Å². The maximum atomic E-state index is 11.6. The van der Waals surface area contributed by atoms with Crippen LogP contribution in [0.15, 0.2) is 18.3 Å². The Balaban J connectivity index is 1.92. The SMILES string of the molecule is CCS(=O)(=O)C[C@H](C)Nc1ccc(N2CCOCC2)nc1. The molecule has 1 aromatic rings. The van der Waals surface area contributed by atoms with E-state index in [2.05, 4.69) is 15.2 Å². The molecule has 0 aromatic carbocycles. The minimum Gasteiger partial charge on any atom is -0.380 e. The van der Waals surface area contributed by atoms with Crippen LogP contribution in [0.2, 0.25) is 0 Å². The summed E-state index contributed by atoms with van der Waals surface area (Å²) in [7, 11) is -2.97. The van der Waals surface area contributed by atoms with Crippen molar-refractivity contribution in [2.45, 2.75) is 19.9 Å². The van der Waals surface area contributed by atoms with Crippen molar-refractivity contribution in [1.82, 2.24) is 4.98 Å². The standard InChI is InChI=1S/C14H23N3O3S/c1-3-21(18,19)11-12(2)16-13-4-5-14(15-10-13)17-6-8-20-9-7-17/h4-5,10,12,16H,3,6-9,11H2,1-2H3/t12-/m0/s1. The average Bonchev–Trinajstić information content (AvgIpc) is 2.48.